The summed E-state index contributed by atoms with van der Waals surface area (Å²) in [7, 11) is 0. The maximum atomic E-state index is 12.8. The highest BCUT2D eigenvalue weighted by Crippen LogP contribution is 2.40. The molecule has 11 heteroatoms. The average Bonchev–Trinajstić information content (AvgIpc) is 3.10. The van der Waals surface area contributed by atoms with E-state index in [0.717, 1.165) is 11.3 Å². The Kier molecular flexibility index (Phi) is 6.71. The molecule has 1 atom stereocenters. The summed E-state index contributed by atoms with van der Waals surface area (Å²) in [4.78, 5) is 30.6. The molecule has 31 heavy (non-hydrogen) atoms. The van der Waals surface area contributed by atoms with Crippen molar-refractivity contribution in [2.24, 2.45) is 5.73 Å². The molecule has 0 aliphatic carbocycles. The number of hydrogen-bond acceptors (Lipinski definition) is 7. The van der Waals surface area contributed by atoms with E-state index in [1.54, 1.807) is 30.3 Å². The van der Waals surface area contributed by atoms with Crippen LogP contribution in [0.25, 0.3) is 0 Å². The summed E-state index contributed by atoms with van der Waals surface area (Å²) in [5.41, 5.74) is 12.1. The Morgan fingerprint density at radius 3 is 2.45 bits per heavy atom. The largest absolute Gasteiger partial charge is 0.435 e. The molecule has 7 nitrogen and oxygen atoms in total. The van der Waals surface area contributed by atoms with Crippen molar-refractivity contribution in [3.8, 4) is 5.75 Å². The number of ketones is 1. The Bertz CT molecular complexity index is 1110. The number of nitrogens with two attached hydrogens (primary N) is 2. The van der Waals surface area contributed by atoms with Gasteiger partial charge in [-0.05, 0) is 19.1 Å². The highest BCUT2D eigenvalue weighted by atomic mass is 35.5. The van der Waals surface area contributed by atoms with Crippen LogP contribution in [0, 0.1) is 0 Å². The Morgan fingerprint density at radius 1 is 1.19 bits per heavy atom. The topological polar surface area (TPSA) is 112 Å². The molecule has 1 heterocycles. The van der Waals surface area contributed by atoms with Crippen molar-refractivity contribution in [2.45, 2.75) is 19.6 Å². The molecule has 162 valence electrons. The third kappa shape index (κ3) is 4.92. The summed E-state index contributed by atoms with van der Waals surface area (Å²) >= 11 is 7.23. The zero-order valence-electron chi connectivity index (χ0n) is 16.1. The zero-order chi connectivity index (χ0) is 22.7. The summed E-state index contributed by atoms with van der Waals surface area (Å²) < 4.78 is 29.3. The third-order valence-corrected chi connectivity index (χ3v) is 5.67. The third-order valence-electron chi connectivity index (χ3n) is 4.29. The minimum absolute atomic E-state index is 0.0101. The summed E-state index contributed by atoms with van der Waals surface area (Å²) in [6.45, 7) is -1.51. The molecule has 0 bridgehead atoms. The van der Waals surface area contributed by atoms with E-state index < -0.39 is 18.6 Å². The van der Waals surface area contributed by atoms with Gasteiger partial charge in [0.05, 0.1) is 10.7 Å². The first-order chi connectivity index (χ1) is 14.7. The van der Waals surface area contributed by atoms with Gasteiger partial charge in [-0.2, -0.15) is 8.78 Å². The van der Waals surface area contributed by atoms with Crippen LogP contribution in [0.2, 0.25) is 5.02 Å². The number of carbonyl (C=O) groups excluding carboxylic acids is 2. The Labute approximate surface area is 185 Å². The highest BCUT2D eigenvalue weighted by Gasteiger charge is 2.29. The number of nitrogens with zero attached hydrogens (tertiary/aromatic N) is 2. The second kappa shape index (κ2) is 9.27. The first-order valence-electron chi connectivity index (χ1n) is 8.88. The van der Waals surface area contributed by atoms with Crippen LogP contribution in [0.4, 0.5) is 25.4 Å². The van der Waals surface area contributed by atoms with E-state index in [2.05, 4.69) is 9.72 Å². The minimum atomic E-state index is -3.02. The van der Waals surface area contributed by atoms with E-state index >= 15 is 0 Å². The Balaban J connectivity index is 2.05. The number of carbonyl (C=O) groups is 2. The summed E-state index contributed by atoms with van der Waals surface area (Å²) in [5, 5.41) is 0.198. The van der Waals surface area contributed by atoms with E-state index in [0.29, 0.717) is 5.56 Å². The number of alkyl halides is 2. The number of ether oxygens (including phenoxy) is 1. The average molecular weight is 467 g/mol. The number of hydrogen-bond donors (Lipinski definition) is 2. The first-order valence-corrected chi connectivity index (χ1v) is 10.1. The zero-order valence-corrected chi connectivity index (χ0v) is 17.7. The van der Waals surface area contributed by atoms with Crippen LogP contribution in [0.5, 0.6) is 5.75 Å². The lowest BCUT2D eigenvalue weighted by Crippen LogP contribution is -2.40. The molecular weight excluding hydrogens is 450 g/mol. The SMILES string of the molecule is C[C@H](C(N)=O)N(c1nc(N)c(C(=O)c2ccccc2)s1)c1ccc(OC(F)F)cc1Cl. The quantitative estimate of drug-likeness (QED) is 0.481. The lowest BCUT2D eigenvalue weighted by molar-refractivity contribution is -0.118. The van der Waals surface area contributed by atoms with Gasteiger partial charge in [-0.1, -0.05) is 53.3 Å². The number of benzene rings is 2. The number of thiazole rings is 1. The second-order valence-corrected chi connectivity index (χ2v) is 7.73. The lowest BCUT2D eigenvalue weighted by Gasteiger charge is -2.27. The minimum Gasteiger partial charge on any atom is -0.435 e. The van der Waals surface area contributed by atoms with E-state index in [4.69, 9.17) is 23.1 Å². The molecule has 3 rings (SSSR count). The monoisotopic (exact) mass is 466 g/mol. The smallest absolute Gasteiger partial charge is 0.387 e. The number of amides is 1. The number of rotatable bonds is 8. The second-order valence-electron chi connectivity index (χ2n) is 6.35. The van der Waals surface area contributed by atoms with Crippen LogP contribution in [0.15, 0.2) is 48.5 Å². The van der Waals surface area contributed by atoms with Crippen molar-refractivity contribution >= 4 is 51.3 Å². The number of aromatic nitrogens is 1. The lowest BCUT2D eigenvalue weighted by atomic mass is 10.1. The van der Waals surface area contributed by atoms with Crippen molar-refractivity contribution in [3.63, 3.8) is 0 Å². The predicted octanol–water partition coefficient (Wildman–Crippen LogP) is 4.22. The number of halogens is 3. The molecule has 1 aromatic heterocycles. The summed E-state index contributed by atoms with van der Waals surface area (Å²) in [6.07, 6.45) is 0. The molecule has 0 aliphatic rings. The van der Waals surface area contributed by atoms with Crippen molar-refractivity contribution in [1.29, 1.82) is 0 Å². The summed E-state index contributed by atoms with van der Waals surface area (Å²) in [5.74, 6) is -1.22. The van der Waals surface area contributed by atoms with Gasteiger partial charge in [-0.25, -0.2) is 4.98 Å². The van der Waals surface area contributed by atoms with E-state index in [-0.39, 0.29) is 38.1 Å². The molecule has 0 unspecified atom stereocenters. The molecule has 0 saturated heterocycles. The first kappa shape index (κ1) is 22.4. The van der Waals surface area contributed by atoms with Crippen LogP contribution >= 0.6 is 22.9 Å². The fourth-order valence-electron chi connectivity index (χ4n) is 2.77. The van der Waals surface area contributed by atoms with Gasteiger partial charge >= 0.3 is 6.61 Å². The van der Waals surface area contributed by atoms with Gasteiger partial charge in [0, 0.05) is 11.6 Å². The van der Waals surface area contributed by atoms with Gasteiger partial charge in [-0.15, -0.1) is 0 Å². The number of nitrogen functional groups attached to an aromatic ring is 1. The van der Waals surface area contributed by atoms with Crippen LogP contribution in [-0.2, 0) is 4.79 Å². The highest BCUT2D eigenvalue weighted by molar-refractivity contribution is 7.18. The molecule has 0 radical (unpaired) electrons. The van der Waals surface area contributed by atoms with Crippen LogP contribution in [0.3, 0.4) is 0 Å². The Morgan fingerprint density at radius 2 is 1.87 bits per heavy atom. The number of anilines is 3. The van der Waals surface area contributed by atoms with E-state index in [1.165, 1.54) is 30.0 Å². The molecule has 4 N–H and O–H groups in total. The van der Waals surface area contributed by atoms with Crippen LogP contribution in [0.1, 0.15) is 22.2 Å². The molecule has 2 aromatic carbocycles. The molecule has 3 aromatic rings. The fraction of sp³-hybridized carbons (Fsp3) is 0.150. The molecule has 0 fully saturated rings. The fourth-order valence-corrected chi connectivity index (χ4v) is 4.07. The Hall–Kier alpha value is -3.24. The van der Waals surface area contributed by atoms with Crippen molar-refractivity contribution < 1.29 is 23.1 Å². The van der Waals surface area contributed by atoms with Gasteiger partial charge in [0.25, 0.3) is 0 Å². The standard InChI is InChI=1S/C20H17ClF2N4O3S/c1-10(18(25)29)27(14-8-7-12(9-13(14)21)30-19(22)23)20-26-17(24)16(31-20)15(28)11-5-3-2-4-6-11/h2-10,19H,24H2,1H3,(H2,25,29)/t10-/m1/s1. The van der Waals surface area contributed by atoms with Crippen molar-refractivity contribution in [2.75, 3.05) is 10.6 Å². The van der Waals surface area contributed by atoms with Crippen LogP contribution < -0.4 is 21.1 Å². The maximum Gasteiger partial charge on any atom is 0.387 e. The van der Waals surface area contributed by atoms with Crippen molar-refractivity contribution in [1.82, 2.24) is 4.98 Å². The maximum absolute atomic E-state index is 12.8. The molecule has 0 spiro atoms. The molecule has 0 saturated carbocycles. The predicted molar refractivity (Wildman–Crippen MR) is 115 cm³/mol. The van der Waals surface area contributed by atoms with Gasteiger partial charge in [0.2, 0.25) is 11.7 Å². The summed E-state index contributed by atoms with van der Waals surface area (Å²) in [6, 6.07) is 11.4. The van der Waals surface area contributed by atoms with Crippen LogP contribution in [-0.4, -0.2) is 29.3 Å². The van der Waals surface area contributed by atoms with Gasteiger partial charge < -0.3 is 21.1 Å². The molecule has 0 aliphatic heterocycles. The number of primary amides is 1. The molecular formula is C20H17ClF2N4O3S. The normalized spacial score (nSPS) is 11.9. The van der Waals surface area contributed by atoms with Gasteiger partial charge in [-0.3, -0.25) is 9.59 Å². The van der Waals surface area contributed by atoms with E-state index in [1.807, 2.05) is 0 Å². The molecule has 1 amide bonds. The van der Waals surface area contributed by atoms with Gasteiger partial charge in [0.15, 0.2) is 5.13 Å². The van der Waals surface area contributed by atoms with E-state index in [9.17, 15) is 18.4 Å². The van der Waals surface area contributed by atoms with Gasteiger partial charge in [0.1, 0.15) is 22.5 Å². The van der Waals surface area contributed by atoms with Crippen molar-refractivity contribution in [3.05, 3.63) is 64.0 Å².